The highest BCUT2D eigenvalue weighted by atomic mass is 16.2. The lowest BCUT2D eigenvalue weighted by Gasteiger charge is -2.05. The highest BCUT2D eigenvalue weighted by molar-refractivity contribution is 6.03. The molecule has 3 rings (SSSR count). The molecule has 0 saturated heterocycles. The maximum Gasteiger partial charge on any atom is 0.276 e. The third-order valence-electron chi connectivity index (χ3n) is 2.99. The quantitative estimate of drug-likeness (QED) is 0.686. The first-order valence-corrected chi connectivity index (χ1v) is 6.72. The second-order valence-electron chi connectivity index (χ2n) is 4.52. The lowest BCUT2D eigenvalue weighted by molar-refractivity contribution is 0.102. The molecule has 1 amide bonds. The van der Waals surface area contributed by atoms with Gasteiger partial charge < -0.3 is 10.3 Å². The van der Waals surface area contributed by atoms with Crippen LogP contribution in [0.3, 0.4) is 0 Å². The summed E-state index contributed by atoms with van der Waals surface area (Å²) in [6.07, 6.45) is 1.60. The number of aromatic amines is 1. The molecule has 2 heterocycles. The Balaban J connectivity index is 1.80. The van der Waals surface area contributed by atoms with Gasteiger partial charge in [0.15, 0.2) is 0 Å². The smallest absolute Gasteiger partial charge is 0.276 e. The number of pyridine rings is 1. The third kappa shape index (κ3) is 2.84. The molecule has 0 atom stereocenters. The van der Waals surface area contributed by atoms with Gasteiger partial charge in [-0.1, -0.05) is 12.1 Å². The lowest BCUT2D eigenvalue weighted by atomic mass is 10.3. The van der Waals surface area contributed by atoms with Crippen LogP contribution in [0.2, 0.25) is 0 Å². The zero-order valence-corrected chi connectivity index (χ0v) is 11.6. The van der Waals surface area contributed by atoms with Crippen molar-refractivity contribution in [1.82, 2.24) is 15.0 Å². The van der Waals surface area contributed by atoms with E-state index in [0.717, 1.165) is 23.3 Å². The van der Waals surface area contributed by atoms with E-state index in [1.165, 1.54) is 0 Å². The van der Waals surface area contributed by atoms with Crippen molar-refractivity contribution in [2.75, 3.05) is 17.2 Å². The summed E-state index contributed by atoms with van der Waals surface area (Å²) in [6, 6.07) is 11.1. The Labute approximate surface area is 121 Å². The molecule has 0 radical (unpaired) electrons. The fraction of sp³-hybridized carbons (Fsp3) is 0.133. The van der Waals surface area contributed by atoms with Crippen LogP contribution in [0.15, 0.2) is 42.6 Å². The van der Waals surface area contributed by atoms with Gasteiger partial charge in [0, 0.05) is 18.4 Å². The van der Waals surface area contributed by atoms with Crippen LogP contribution in [0.25, 0.3) is 11.0 Å². The number of H-pyrrole nitrogens is 1. The van der Waals surface area contributed by atoms with Crippen LogP contribution in [0.4, 0.5) is 11.6 Å². The third-order valence-corrected chi connectivity index (χ3v) is 2.99. The molecule has 0 fully saturated rings. The first-order valence-electron chi connectivity index (χ1n) is 6.72. The highest BCUT2D eigenvalue weighted by Crippen LogP contribution is 2.14. The van der Waals surface area contributed by atoms with Crippen LogP contribution in [0.1, 0.15) is 17.4 Å². The van der Waals surface area contributed by atoms with Crippen LogP contribution in [-0.4, -0.2) is 27.4 Å². The molecule has 3 aromatic rings. The molecular weight excluding hydrogens is 266 g/mol. The maximum atomic E-state index is 12.2. The Hall–Kier alpha value is -2.89. The number of imidazole rings is 1. The minimum absolute atomic E-state index is 0.297. The van der Waals surface area contributed by atoms with E-state index in [0.29, 0.717) is 11.6 Å². The minimum Gasteiger partial charge on any atom is -0.385 e. The molecule has 6 nitrogen and oxygen atoms in total. The predicted octanol–water partition coefficient (Wildman–Crippen LogP) is 2.64. The molecule has 3 N–H and O–H groups in total. The number of aromatic nitrogens is 3. The van der Waals surface area contributed by atoms with Crippen molar-refractivity contribution >= 4 is 28.6 Å². The summed E-state index contributed by atoms with van der Waals surface area (Å²) in [6.45, 7) is 2.78. The van der Waals surface area contributed by atoms with Crippen LogP contribution in [0, 0.1) is 0 Å². The van der Waals surface area contributed by atoms with Gasteiger partial charge in [0.2, 0.25) is 5.95 Å². The standard InChI is InChI=1S/C15H15N5O/c1-2-16-10-7-8-17-13(9-10)14(21)20-15-18-11-5-3-4-6-12(11)19-15/h3-9H,2H2,1H3,(H,16,17)(H2,18,19,20,21). The summed E-state index contributed by atoms with van der Waals surface area (Å²) < 4.78 is 0. The van der Waals surface area contributed by atoms with E-state index in [1.807, 2.05) is 37.3 Å². The molecule has 0 saturated carbocycles. The normalized spacial score (nSPS) is 10.5. The van der Waals surface area contributed by atoms with Gasteiger partial charge in [0.05, 0.1) is 11.0 Å². The number of anilines is 2. The summed E-state index contributed by atoms with van der Waals surface area (Å²) >= 11 is 0. The number of para-hydroxylation sites is 2. The van der Waals surface area contributed by atoms with Gasteiger partial charge in [-0.15, -0.1) is 0 Å². The number of amides is 1. The van der Waals surface area contributed by atoms with Crippen LogP contribution in [0.5, 0.6) is 0 Å². The molecule has 0 aliphatic heterocycles. The number of fused-ring (bicyclic) bond motifs is 1. The molecule has 0 unspecified atom stereocenters. The van der Waals surface area contributed by atoms with E-state index in [1.54, 1.807) is 12.3 Å². The number of nitrogens with zero attached hydrogens (tertiary/aromatic N) is 2. The van der Waals surface area contributed by atoms with Crippen LogP contribution in [-0.2, 0) is 0 Å². The average Bonchev–Trinajstić information content (AvgIpc) is 2.90. The van der Waals surface area contributed by atoms with Crippen LogP contribution < -0.4 is 10.6 Å². The molecule has 0 bridgehead atoms. The second-order valence-corrected chi connectivity index (χ2v) is 4.52. The van der Waals surface area contributed by atoms with Gasteiger partial charge >= 0.3 is 0 Å². The molecule has 0 aliphatic carbocycles. The molecule has 0 spiro atoms. The number of carbonyl (C=O) groups is 1. The fourth-order valence-corrected chi connectivity index (χ4v) is 2.05. The molecule has 106 valence electrons. The van der Waals surface area contributed by atoms with Gasteiger partial charge in [-0.2, -0.15) is 0 Å². The Morgan fingerprint density at radius 2 is 2.14 bits per heavy atom. The zero-order valence-electron chi connectivity index (χ0n) is 11.6. The van der Waals surface area contributed by atoms with Gasteiger partial charge in [-0.25, -0.2) is 4.98 Å². The van der Waals surface area contributed by atoms with Gasteiger partial charge in [-0.3, -0.25) is 15.1 Å². The van der Waals surface area contributed by atoms with Crippen molar-refractivity contribution in [1.29, 1.82) is 0 Å². The van der Waals surface area contributed by atoms with Gasteiger partial charge in [-0.05, 0) is 31.2 Å². The number of hydrogen-bond acceptors (Lipinski definition) is 4. The van der Waals surface area contributed by atoms with Crippen molar-refractivity contribution < 1.29 is 4.79 Å². The lowest BCUT2D eigenvalue weighted by Crippen LogP contribution is -2.15. The Morgan fingerprint density at radius 1 is 1.29 bits per heavy atom. The SMILES string of the molecule is CCNc1ccnc(C(=O)Nc2nc3ccccc3[nH]2)c1. The summed E-state index contributed by atoms with van der Waals surface area (Å²) in [4.78, 5) is 23.6. The van der Waals surface area contributed by atoms with Crippen molar-refractivity contribution in [3.05, 3.63) is 48.3 Å². The van der Waals surface area contributed by atoms with Crippen molar-refractivity contribution in [2.45, 2.75) is 6.92 Å². The second kappa shape index (κ2) is 5.62. The summed E-state index contributed by atoms with van der Waals surface area (Å²) in [7, 11) is 0. The van der Waals surface area contributed by atoms with E-state index >= 15 is 0 Å². The van der Waals surface area contributed by atoms with Crippen molar-refractivity contribution in [3.8, 4) is 0 Å². The monoisotopic (exact) mass is 281 g/mol. The summed E-state index contributed by atoms with van der Waals surface area (Å²) in [5, 5.41) is 5.87. The van der Waals surface area contributed by atoms with Crippen molar-refractivity contribution in [3.63, 3.8) is 0 Å². The topological polar surface area (TPSA) is 82.7 Å². The molecule has 21 heavy (non-hydrogen) atoms. The van der Waals surface area contributed by atoms with Gasteiger partial charge in [0.25, 0.3) is 5.91 Å². The first kappa shape index (κ1) is 13.1. The van der Waals surface area contributed by atoms with E-state index < -0.39 is 0 Å². The number of rotatable bonds is 4. The largest absolute Gasteiger partial charge is 0.385 e. The van der Waals surface area contributed by atoms with E-state index in [2.05, 4.69) is 25.6 Å². The van der Waals surface area contributed by atoms with Crippen LogP contribution >= 0.6 is 0 Å². The fourth-order valence-electron chi connectivity index (χ4n) is 2.05. The first-order chi connectivity index (χ1) is 10.3. The van der Waals surface area contributed by atoms with E-state index in [9.17, 15) is 4.79 Å². The number of carbonyl (C=O) groups excluding carboxylic acids is 1. The minimum atomic E-state index is -0.297. The molecule has 0 aliphatic rings. The Bertz CT molecular complexity index is 747. The molecule has 6 heteroatoms. The summed E-state index contributed by atoms with van der Waals surface area (Å²) in [5.74, 6) is 0.116. The average molecular weight is 281 g/mol. The number of benzene rings is 1. The number of hydrogen-bond donors (Lipinski definition) is 3. The van der Waals surface area contributed by atoms with Gasteiger partial charge in [0.1, 0.15) is 5.69 Å². The number of nitrogens with one attached hydrogen (secondary N) is 3. The Morgan fingerprint density at radius 3 is 2.95 bits per heavy atom. The predicted molar refractivity (Wildman–Crippen MR) is 82.4 cm³/mol. The van der Waals surface area contributed by atoms with E-state index in [-0.39, 0.29) is 5.91 Å². The Kier molecular flexibility index (Phi) is 3.51. The maximum absolute atomic E-state index is 12.2. The zero-order chi connectivity index (χ0) is 14.7. The molecule has 2 aromatic heterocycles. The van der Waals surface area contributed by atoms with E-state index in [4.69, 9.17) is 0 Å². The molecule has 1 aromatic carbocycles. The van der Waals surface area contributed by atoms with Crippen molar-refractivity contribution in [2.24, 2.45) is 0 Å². The highest BCUT2D eigenvalue weighted by Gasteiger charge is 2.10. The molecular formula is C15H15N5O. The summed E-state index contributed by atoms with van der Waals surface area (Å²) in [5.41, 5.74) is 2.89.